The smallest absolute Gasteiger partial charge is 0.416 e. The molecule has 194 valence electrons. The van der Waals surface area contributed by atoms with Gasteiger partial charge in [0.15, 0.2) is 0 Å². The molecule has 3 aromatic rings. The first kappa shape index (κ1) is 27.3. The molecule has 0 atom stereocenters. The predicted molar refractivity (Wildman–Crippen MR) is 109 cm³/mol. The molecule has 0 amide bonds. The lowest BCUT2D eigenvalue weighted by Gasteiger charge is -2.14. The highest BCUT2D eigenvalue weighted by Crippen LogP contribution is 2.39. The van der Waals surface area contributed by atoms with Gasteiger partial charge in [-0.2, -0.15) is 39.5 Å². The second-order valence-corrected chi connectivity index (χ2v) is 8.12. The Balaban J connectivity index is 1.96. The van der Waals surface area contributed by atoms with E-state index in [4.69, 9.17) is 9.47 Å². The van der Waals surface area contributed by atoms with Gasteiger partial charge in [-0.25, -0.2) is 9.78 Å². The lowest BCUT2D eigenvalue weighted by atomic mass is 10.1. The molecule has 0 saturated carbocycles. The van der Waals surface area contributed by atoms with E-state index in [1.54, 1.807) is 0 Å². The molecule has 0 fully saturated rings. The van der Waals surface area contributed by atoms with Crippen molar-refractivity contribution in [3.8, 4) is 16.3 Å². The average molecular weight is 543 g/mol. The van der Waals surface area contributed by atoms with Crippen LogP contribution in [-0.4, -0.2) is 17.6 Å². The fourth-order valence-electron chi connectivity index (χ4n) is 2.89. The standard InChI is InChI=1S/C22H14F9NO3S/c1-2-34-19(33)17-16(32-18(36-17)11-3-5-12(6-4-11)20(23,24)25)10-35-15-8-13(21(26,27)28)7-14(9-15)22(29,30)31/h3-9H,2,10H2,1H3. The molecular formula is C22H14F9NO3S. The number of hydrogen-bond donors (Lipinski definition) is 0. The van der Waals surface area contributed by atoms with Gasteiger partial charge in [0.1, 0.15) is 27.9 Å². The number of ether oxygens (including phenoxy) is 2. The summed E-state index contributed by atoms with van der Waals surface area (Å²) in [4.78, 5) is 16.3. The van der Waals surface area contributed by atoms with Crippen LogP contribution in [0.2, 0.25) is 0 Å². The quantitative estimate of drug-likeness (QED) is 0.237. The zero-order valence-electron chi connectivity index (χ0n) is 17.9. The third-order valence-corrected chi connectivity index (χ3v) is 5.68. The van der Waals surface area contributed by atoms with Gasteiger partial charge >= 0.3 is 24.5 Å². The molecule has 0 N–H and O–H groups in total. The number of benzene rings is 2. The van der Waals surface area contributed by atoms with Gasteiger partial charge in [0.05, 0.1) is 23.3 Å². The second kappa shape index (κ2) is 9.99. The Hall–Kier alpha value is -3.29. The lowest BCUT2D eigenvalue weighted by molar-refractivity contribution is -0.143. The van der Waals surface area contributed by atoms with Crippen LogP contribution in [0.4, 0.5) is 39.5 Å². The molecule has 1 aromatic heterocycles. The molecule has 2 aromatic carbocycles. The number of rotatable bonds is 6. The lowest BCUT2D eigenvalue weighted by Crippen LogP contribution is -2.12. The molecule has 0 aliphatic rings. The minimum atomic E-state index is -5.09. The maximum Gasteiger partial charge on any atom is 0.416 e. The van der Waals surface area contributed by atoms with Crippen molar-refractivity contribution in [2.24, 2.45) is 0 Å². The van der Waals surface area contributed by atoms with Crippen LogP contribution in [0.25, 0.3) is 10.6 Å². The number of carbonyl (C=O) groups is 1. The van der Waals surface area contributed by atoms with Crippen molar-refractivity contribution in [1.82, 2.24) is 4.98 Å². The normalized spacial score (nSPS) is 12.5. The van der Waals surface area contributed by atoms with Crippen LogP contribution in [-0.2, 0) is 29.9 Å². The number of halogens is 9. The molecule has 0 aliphatic carbocycles. The molecule has 1 heterocycles. The first-order valence-electron chi connectivity index (χ1n) is 9.86. The van der Waals surface area contributed by atoms with E-state index in [1.165, 1.54) is 6.92 Å². The van der Waals surface area contributed by atoms with Crippen LogP contribution in [0, 0.1) is 0 Å². The first-order valence-corrected chi connectivity index (χ1v) is 10.7. The van der Waals surface area contributed by atoms with E-state index in [0.717, 1.165) is 35.6 Å². The zero-order chi connectivity index (χ0) is 26.9. The van der Waals surface area contributed by atoms with Crippen LogP contribution >= 0.6 is 11.3 Å². The Morgan fingerprint density at radius 1 is 0.833 bits per heavy atom. The summed E-state index contributed by atoms with van der Waals surface area (Å²) < 4.78 is 127. The molecule has 0 bridgehead atoms. The summed E-state index contributed by atoms with van der Waals surface area (Å²) in [6, 6.07) is 4.44. The highest BCUT2D eigenvalue weighted by Gasteiger charge is 2.37. The van der Waals surface area contributed by atoms with Crippen LogP contribution in [0.15, 0.2) is 42.5 Å². The van der Waals surface area contributed by atoms with Crippen LogP contribution in [0.5, 0.6) is 5.75 Å². The van der Waals surface area contributed by atoms with E-state index >= 15 is 0 Å². The van der Waals surface area contributed by atoms with E-state index in [-0.39, 0.29) is 33.8 Å². The molecule has 3 rings (SSSR count). The topological polar surface area (TPSA) is 48.4 Å². The fraction of sp³-hybridized carbons (Fsp3) is 0.273. The third-order valence-electron chi connectivity index (χ3n) is 4.55. The van der Waals surface area contributed by atoms with Gasteiger partial charge in [-0.3, -0.25) is 0 Å². The maximum absolute atomic E-state index is 13.1. The van der Waals surface area contributed by atoms with Crippen molar-refractivity contribution in [1.29, 1.82) is 0 Å². The monoisotopic (exact) mass is 543 g/mol. The van der Waals surface area contributed by atoms with Gasteiger partial charge in [0.2, 0.25) is 0 Å². The SMILES string of the molecule is CCOC(=O)c1sc(-c2ccc(C(F)(F)F)cc2)nc1COc1cc(C(F)(F)F)cc(C(F)(F)F)c1. The Bertz CT molecular complexity index is 1200. The van der Waals surface area contributed by atoms with Crippen LogP contribution < -0.4 is 4.74 Å². The van der Waals surface area contributed by atoms with Gasteiger partial charge in [0, 0.05) is 5.56 Å². The molecule has 4 nitrogen and oxygen atoms in total. The number of alkyl halides is 9. The minimum Gasteiger partial charge on any atom is -0.487 e. The van der Waals surface area contributed by atoms with Crippen molar-refractivity contribution < 1.29 is 53.8 Å². The first-order chi connectivity index (χ1) is 16.6. The number of thiazole rings is 1. The summed E-state index contributed by atoms with van der Waals surface area (Å²) in [5.41, 5.74) is -4.12. The number of carbonyl (C=O) groups excluding carboxylic acids is 1. The minimum absolute atomic E-state index is 0.0603. The number of aromatic nitrogens is 1. The van der Waals surface area contributed by atoms with Gasteiger partial charge in [-0.05, 0) is 37.3 Å². The molecule has 36 heavy (non-hydrogen) atoms. The van der Waals surface area contributed by atoms with Gasteiger partial charge in [-0.1, -0.05) is 12.1 Å². The molecule has 0 saturated heterocycles. The molecule has 0 radical (unpaired) electrons. The molecule has 0 spiro atoms. The van der Waals surface area contributed by atoms with Crippen molar-refractivity contribution >= 4 is 17.3 Å². The number of nitrogens with zero attached hydrogens (tertiary/aromatic N) is 1. The van der Waals surface area contributed by atoms with E-state index < -0.39 is 53.5 Å². The Morgan fingerprint density at radius 2 is 1.36 bits per heavy atom. The van der Waals surface area contributed by atoms with Crippen molar-refractivity contribution in [3.63, 3.8) is 0 Å². The van der Waals surface area contributed by atoms with E-state index in [1.807, 2.05) is 0 Å². The van der Waals surface area contributed by atoms with Crippen LogP contribution in [0.3, 0.4) is 0 Å². The summed E-state index contributed by atoms with van der Waals surface area (Å²) in [5, 5.41) is 0.0606. The summed E-state index contributed by atoms with van der Waals surface area (Å²) >= 11 is 0.717. The Kier molecular flexibility index (Phi) is 7.58. The highest BCUT2D eigenvalue weighted by atomic mass is 32.1. The van der Waals surface area contributed by atoms with E-state index in [9.17, 15) is 44.3 Å². The van der Waals surface area contributed by atoms with Gasteiger partial charge < -0.3 is 9.47 Å². The summed E-state index contributed by atoms with van der Waals surface area (Å²) in [7, 11) is 0. The second-order valence-electron chi connectivity index (χ2n) is 7.12. The van der Waals surface area contributed by atoms with Gasteiger partial charge in [0.25, 0.3) is 0 Å². The average Bonchev–Trinajstić information content (AvgIpc) is 3.20. The molecule has 0 unspecified atom stereocenters. The number of esters is 1. The molecular weight excluding hydrogens is 529 g/mol. The Labute approximate surface area is 201 Å². The predicted octanol–water partition coefficient (Wildman–Crippen LogP) is 7.62. The fourth-order valence-corrected chi connectivity index (χ4v) is 3.86. The van der Waals surface area contributed by atoms with E-state index in [0.29, 0.717) is 12.1 Å². The molecule has 14 heteroatoms. The summed E-state index contributed by atoms with van der Waals surface area (Å²) in [5.74, 6) is -1.68. The van der Waals surface area contributed by atoms with Crippen molar-refractivity contribution in [3.05, 3.63) is 69.7 Å². The number of hydrogen-bond acceptors (Lipinski definition) is 5. The van der Waals surface area contributed by atoms with Crippen LogP contribution in [0.1, 0.15) is 39.0 Å². The molecule has 0 aliphatic heterocycles. The van der Waals surface area contributed by atoms with Crippen molar-refractivity contribution in [2.75, 3.05) is 6.61 Å². The maximum atomic E-state index is 13.1. The highest BCUT2D eigenvalue weighted by molar-refractivity contribution is 7.17. The largest absolute Gasteiger partial charge is 0.487 e. The van der Waals surface area contributed by atoms with E-state index in [2.05, 4.69) is 4.98 Å². The van der Waals surface area contributed by atoms with Gasteiger partial charge in [-0.15, -0.1) is 11.3 Å². The summed E-state index contributed by atoms with van der Waals surface area (Å²) in [6.07, 6.45) is -14.8. The van der Waals surface area contributed by atoms with Crippen molar-refractivity contribution in [2.45, 2.75) is 32.1 Å². The Morgan fingerprint density at radius 3 is 1.83 bits per heavy atom. The zero-order valence-corrected chi connectivity index (χ0v) is 18.8. The summed E-state index contributed by atoms with van der Waals surface area (Å²) in [6.45, 7) is 0.715. The third kappa shape index (κ3) is 6.47.